The number of rotatable bonds is 4. The van der Waals surface area contributed by atoms with Crippen LogP contribution in [0.15, 0.2) is 0 Å². The van der Waals surface area contributed by atoms with Gasteiger partial charge in [0, 0.05) is 12.3 Å². The average Bonchev–Trinajstić information content (AvgIpc) is 1.82. The molecule has 0 aliphatic heterocycles. The van der Waals surface area contributed by atoms with Crippen LogP contribution in [-0.2, 0) is 9.53 Å². The lowest BCUT2D eigenvalue weighted by Gasteiger charge is -2.05. The Kier molecular flexibility index (Phi) is 5.40. The van der Waals surface area contributed by atoms with E-state index in [1.807, 2.05) is 13.8 Å². The lowest BCUT2D eigenvalue weighted by atomic mass is 10.3. The first kappa shape index (κ1) is 9.76. The molecule has 0 N–H and O–H groups in total. The van der Waals surface area contributed by atoms with E-state index >= 15 is 0 Å². The van der Waals surface area contributed by atoms with Gasteiger partial charge >= 0.3 is 5.97 Å². The van der Waals surface area contributed by atoms with Crippen molar-refractivity contribution in [3.05, 3.63) is 0 Å². The van der Waals surface area contributed by atoms with Crippen molar-refractivity contribution in [3.8, 4) is 0 Å². The second-order valence-corrected chi connectivity index (χ2v) is 2.71. The van der Waals surface area contributed by atoms with Crippen LogP contribution in [0.2, 0.25) is 0 Å². The lowest BCUT2D eigenvalue weighted by molar-refractivity contribution is -0.147. The maximum atomic E-state index is 10.7. The fourth-order valence-corrected chi connectivity index (χ4v) is 0.667. The Morgan fingerprint density at radius 3 is 2.60 bits per heavy atom. The van der Waals surface area contributed by atoms with E-state index in [4.69, 9.17) is 16.3 Å². The van der Waals surface area contributed by atoms with Gasteiger partial charge in [0.05, 0.1) is 6.10 Å². The zero-order chi connectivity index (χ0) is 7.98. The Balaban J connectivity index is 3.26. The molecule has 0 heterocycles. The van der Waals surface area contributed by atoms with Crippen molar-refractivity contribution in [2.24, 2.45) is 0 Å². The molecule has 0 bridgehead atoms. The van der Waals surface area contributed by atoms with Crippen LogP contribution in [0.3, 0.4) is 0 Å². The van der Waals surface area contributed by atoms with E-state index in [0.717, 1.165) is 0 Å². The molecule has 0 amide bonds. The third-order valence-corrected chi connectivity index (χ3v) is 1.15. The topological polar surface area (TPSA) is 26.3 Å². The molecule has 60 valence electrons. The highest BCUT2D eigenvalue weighted by Gasteiger charge is 2.03. The Morgan fingerprint density at radius 2 is 2.20 bits per heavy atom. The third kappa shape index (κ3) is 5.89. The molecule has 0 fully saturated rings. The number of hydrogen-bond donors (Lipinski definition) is 0. The van der Waals surface area contributed by atoms with Crippen LogP contribution in [0, 0.1) is 0 Å². The van der Waals surface area contributed by atoms with Gasteiger partial charge in [-0.15, -0.1) is 11.6 Å². The highest BCUT2D eigenvalue weighted by molar-refractivity contribution is 6.17. The van der Waals surface area contributed by atoms with E-state index < -0.39 is 0 Å². The van der Waals surface area contributed by atoms with Gasteiger partial charge < -0.3 is 4.74 Å². The van der Waals surface area contributed by atoms with Crippen molar-refractivity contribution in [2.75, 3.05) is 5.88 Å². The fourth-order valence-electron chi connectivity index (χ4n) is 0.533. The summed E-state index contributed by atoms with van der Waals surface area (Å²) in [6.07, 6.45) is 1.12. The predicted molar refractivity (Wildman–Crippen MR) is 41.2 cm³/mol. The standard InChI is InChI=1S/C7H13ClO2/c1-6(2)10-7(9)4-3-5-8/h6H,3-5H2,1-2H3. The first-order valence-corrected chi connectivity index (χ1v) is 3.95. The van der Waals surface area contributed by atoms with Crippen LogP contribution in [0.4, 0.5) is 0 Å². The number of esters is 1. The van der Waals surface area contributed by atoms with Crippen LogP contribution in [-0.4, -0.2) is 18.0 Å². The predicted octanol–water partition coefficient (Wildman–Crippen LogP) is 1.96. The molecule has 0 saturated heterocycles. The van der Waals surface area contributed by atoms with Gasteiger partial charge in [-0.2, -0.15) is 0 Å². The average molecular weight is 165 g/mol. The largest absolute Gasteiger partial charge is 0.463 e. The minimum atomic E-state index is -0.157. The molecular formula is C7H13ClO2. The van der Waals surface area contributed by atoms with E-state index in [1.165, 1.54) is 0 Å². The molecule has 0 aliphatic carbocycles. The first-order valence-electron chi connectivity index (χ1n) is 3.42. The summed E-state index contributed by atoms with van der Waals surface area (Å²) in [5.41, 5.74) is 0. The van der Waals surface area contributed by atoms with Crippen molar-refractivity contribution >= 4 is 17.6 Å². The Hall–Kier alpha value is -0.240. The summed E-state index contributed by atoms with van der Waals surface area (Å²) in [6, 6.07) is 0. The molecule has 3 heteroatoms. The molecule has 10 heavy (non-hydrogen) atoms. The fraction of sp³-hybridized carbons (Fsp3) is 0.857. The molecule has 0 aliphatic rings. The van der Waals surface area contributed by atoms with Crippen molar-refractivity contribution in [1.29, 1.82) is 0 Å². The van der Waals surface area contributed by atoms with Gasteiger partial charge in [0.15, 0.2) is 0 Å². The number of halogens is 1. The lowest BCUT2D eigenvalue weighted by Crippen LogP contribution is -2.10. The quantitative estimate of drug-likeness (QED) is 0.469. The normalized spacial score (nSPS) is 10.0. The van der Waals surface area contributed by atoms with Crippen LogP contribution < -0.4 is 0 Å². The summed E-state index contributed by atoms with van der Waals surface area (Å²) >= 11 is 5.37. The molecule has 0 unspecified atom stereocenters. The summed E-state index contributed by atoms with van der Waals surface area (Å²) in [5, 5.41) is 0. The summed E-state index contributed by atoms with van der Waals surface area (Å²) in [4.78, 5) is 10.7. The SMILES string of the molecule is CC(C)OC(=O)CCCCl. The number of carbonyl (C=O) groups excluding carboxylic acids is 1. The van der Waals surface area contributed by atoms with E-state index in [9.17, 15) is 4.79 Å². The zero-order valence-corrected chi connectivity index (χ0v) is 7.15. The van der Waals surface area contributed by atoms with Crippen molar-refractivity contribution in [1.82, 2.24) is 0 Å². The first-order chi connectivity index (χ1) is 4.66. The summed E-state index contributed by atoms with van der Waals surface area (Å²) in [7, 11) is 0. The Labute approximate surface area is 66.5 Å². The Bertz CT molecular complexity index is 102. The van der Waals surface area contributed by atoms with Crippen molar-refractivity contribution in [2.45, 2.75) is 32.8 Å². The van der Waals surface area contributed by atoms with Gasteiger partial charge in [0.25, 0.3) is 0 Å². The maximum absolute atomic E-state index is 10.7. The number of alkyl halides is 1. The third-order valence-electron chi connectivity index (χ3n) is 0.882. The van der Waals surface area contributed by atoms with E-state index in [0.29, 0.717) is 18.7 Å². The van der Waals surface area contributed by atoms with Gasteiger partial charge in [0.1, 0.15) is 0 Å². The van der Waals surface area contributed by atoms with Gasteiger partial charge in [-0.1, -0.05) is 0 Å². The molecule has 0 rings (SSSR count). The minimum Gasteiger partial charge on any atom is -0.463 e. The molecule has 0 atom stereocenters. The molecule has 0 spiro atoms. The molecule has 0 aromatic heterocycles. The van der Waals surface area contributed by atoms with Crippen LogP contribution in [0.25, 0.3) is 0 Å². The molecule has 0 radical (unpaired) electrons. The van der Waals surface area contributed by atoms with Gasteiger partial charge in [0.2, 0.25) is 0 Å². The van der Waals surface area contributed by atoms with Gasteiger partial charge in [-0.25, -0.2) is 0 Å². The number of hydrogen-bond acceptors (Lipinski definition) is 2. The highest BCUT2D eigenvalue weighted by Crippen LogP contribution is 1.97. The van der Waals surface area contributed by atoms with Crippen molar-refractivity contribution < 1.29 is 9.53 Å². The van der Waals surface area contributed by atoms with Crippen LogP contribution >= 0.6 is 11.6 Å². The van der Waals surface area contributed by atoms with Gasteiger partial charge in [-0.05, 0) is 20.3 Å². The summed E-state index contributed by atoms with van der Waals surface area (Å²) < 4.78 is 4.85. The summed E-state index contributed by atoms with van der Waals surface area (Å²) in [6.45, 7) is 3.66. The molecule has 2 nitrogen and oxygen atoms in total. The van der Waals surface area contributed by atoms with Gasteiger partial charge in [-0.3, -0.25) is 4.79 Å². The second kappa shape index (κ2) is 5.54. The minimum absolute atomic E-state index is 0.0113. The van der Waals surface area contributed by atoms with Crippen LogP contribution in [0.1, 0.15) is 26.7 Å². The maximum Gasteiger partial charge on any atom is 0.306 e. The van der Waals surface area contributed by atoms with E-state index in [1.54, 1.807) is 0 Å². The second-order valence-electron chi connectivity index (χ2n) is 2.33. The Morgan fingerprint density at radius 1 is 1.60 bits per heavy atom. The molecule has 0 aromatic rings. The molecular weight excluding hydrogens is 152 g/mol. The molecule has 0 aromatic carbocycles. The van der Waals surface area contributed by atoms with Crippen molar-refractivity contribution in [3.63, 3.8) is 0 Å². The number of carbonyl (C=O) groups is 1. The zero-order valence-electron chi connectivity index (χ0n) is 6.39. The van der Waals surface area contributed by atoms with Crippen LogP contribution in [0.5, 0.6) is 0 Å². The highest BCUT2D eigenvalue weighted by atomic mass is 35.5. The smallest absolute Gasteiger partial charge is 0.306 e. The van der Waals surface area contributed by atoms with E-state index in [-0.39, 0.29) is 12.1 Å². The number of ether oxygens (including phenoxy) is 1. The summed E-state index contributed by atoms with van der Waals surface area (Å²) in [5.74, 6) is 0.364. The monoisotopic (exact) mass is 164 g/mol. The molecule has 0 saturated carbocycles. The van der Waals surface area contributed by atoms with E-state index in [2.05, 4.69) is 0 Å².